The van der Waals surface area contributed by atoms with Gasteiger partial charge in [-0.3, -0.25) is 0 Å². The van der Waals surface area contributed by atoms with Crippen LogP contribution in [0, 0.1) is 5.41 Å². The third kappa shape index (κ3) is 16.9. The molecule has 2 aliphatic heterocycles. The second kappa shape index (κ2) is 30.1. The first-order chi connectivity index (χ1) is 41.5. The second-order valence-corrected chi connectivity index (χ2v) is 54.2. The van der Waals surface area contributed by atoms with Crippen LogP contribution in [0.3, 0.4) is 0 Å². The van der Waals surface area contributed by atoms with Crippen molar-refractivity contribution in [3.63, 3.8) is 0 Å². The van der Waals surface area contributed by atoms with E-state index in [1.54, 1.807) is 0 Å². The summed E-state index contributed by atoms with van der Waals surface area (Å²) in [5.74, 6) is -1.34. The summed E-state index contributed by atoms with van der Waals surface area (Å²) < 4.78 is 60.1. The van der Waals surface area contributed by atoms with E-state index in [2.05, 4.69) is 296 Å². The third-order valence-corrected chi connectivity index (χ3v) is 44.6. The van der Waals surface area contributed by atoms with Gasteiger partial charge in [-0.1, -0.05) is 269 Å². The molecule has 0 radical (unpaired) electrons. The highest BCUT2D eigenvalue weighted by atomic mass is 28.4. The summed E-state index contributed by atoms with van der Waals surface area (Å²) in [4.78, 5) is 0. The number of rotatable bonds is 27. The summed E-state index contributed by atoms with van der Waals surface area (Å²) in [6.45, 7) is 51.6. The number of aliphatic hydroxyl groups is 1. The lowest BCUT2D eigenvalue weighted by Gasteiger charge is -2.56. The monoisotopic (exact) mass is 1300 g/mol. The van der Waals surface area contributed by atoms with Gasteiger partial charge in [-0.25, -0.2) is 0 Å². The maximum absolute atomic E-state index is 10.9. The van der Waals surface area contributed by atoms with Crippen LogP contribution in [0.15, 0.2) is 157 Å². The number of methoxy groups -OCH3 is 1. The first-order valence-corrected chi connectivity index (χ1v) is 45.7. The van der Waals surface area contributed by atoms with Gasteiger partial charge in [-0.05, 0) is 117 Å². The summed E-state index contributed by atoms with van der Waals surface area (Å²) in [7, 11) is -11.0. The zero-order valence-electron chi connectivity index (χ0n) is 59.6. The van der Waals surface area contributed by atoms with Crippen LogP contribution in [0.4, 0.5) is 0 Å². The number of hydrogen-bond donors (Lipinski definition) is 1. The molecule has 0 aliphatic carbocycles. The van der Waals surface area contributed by atoms with E-state index in [0.29, 0.717) is 38.9 Å². The normalized spacial score (nSPS) is 22.5. The first-order valence-electron chi connectivity index (χ1n) is 33.6. The smallest absolute Gasteiger partial charge is 0.261 e. The molecule has 2 fully saturated rings. The molecule has 9 nitrogen and oxygen atoms in total. The number of ether oxygens (including phenoxy) is 3. The molecule has 4 aromatic rings. The third-order valence-electron chi connectivity index (χ3n) is 20.9. The van der Waals surface area contributed by atoms with Gasteiger partial charge < -0.3 is 41.4 Å². The molecule has 14 heteroatoms. The van der Waals surface area contributed by atoms with Crippen LogP contribution in [0.1, 0.15) is 150 Å². The molecule has 4 aromatic carbocycles. The predicted molar refractivity (Wildman–Crippen MR) is 387 cm³/mol. The van der Waals surface area contributed by atoms with Crippen molar-refractivity contribution in [2.75, 3.05) is 26.9 Å². The molecule has 2 heterocycles. The van der Waals surface area contributed by atoms with Gasteiger partial charge in [0.15, 0.2) is 25.0 Å². The SMILES string of the molecule is CC[Si](CC)(CC)O[C@H]1/C(=C/CO[Si](c2ccccc2)(c2ccccc2)C(C)(C)C)C[C@@H](C[C@@H](O[Si](C)(C)C(C)(C)C)[C@@H](C)O[Si](C)(C)C(C)(C)C)O[C@@]1(OC)C(C)(C)/C=C/[C@H]1C/C(=C\CO[Si](c2ccccc2)(c2ccccc2)C(C)(C)C)C[C@@H](CO)O1. The lowest BCUT2D eigenvalue weighted by Crippen LogP contribution is -2.66. The van der Waals surface area contributed by atoms with Crippen molar-refractivity contribution in [3.05, 3.63) is 157 Å². The molecule has 0 spiro atoms. The quantitative estimate of drug-likeness (QED) is 0.0463. The summed E-state index contributed by atoms with van der Waals surface area (Å²) in [5, 5.41) is 15.4. The van der Waals surface area contributed by atoms with Crippen molar-refractivity contribution >= 4 is 62.3 Å². The van der Waals surface area contributed by atoms with Gasteiger partial charge in [0, 0.05) is 18.9 Å². The van der Waals surface area contributed by atoms with Crippen molar-refractivity contribution in [1.82, 2.24) is 0 Å². The van der Waals surface area contributed by atoms with E-state index in [9.17, 15) is 5.11 Å². The topological polar surface area (TPSA) is 94.1 Å². The molecule has 0 amide bonds. The van der Waals surface area contributed by atoms with Gasteiger partial charge in [0.05, 0.1) is 50.3 Å². The van der Waals surface area contributed by atoms with E-state index < -0.39 is 58.9 Å². The van der Waals surface area contributed by atoms with Crippen LogP contribution in [-0.2, 0) is 36.3 Å². The van der Waals surface area contributed by atoms with E-state index in [0.717, 1.165) is 23.7 Å². The molecule has 89 heavy (non-hydrogen) atoms. The lowest BCUT2D eigenvalue weighted by molar-refractivity contribution is -0.334. The molecular formula is C75H120O9Si5. The van der Waals surface area contributed by atoms with Gasteiger partial charge in [-0.15, -0.1) is 0 Å². The molecule has 2 saturated heterocycles. The Labute approximate surface area is 546 Å². The van der Waals surface area contributed by atoms with Crippen LogP contribution in [-0.4, -0.2) is 116 Å². The molecule has 7 atom stereocenters. The Morgan fingerprint density at radius 3 is 1.36 bits per heavy atom. The molecule has 0 aromatic heterocycles. The lowest BCUT2D eigenvalue weighted by atomic mass is 9.74. The van der Waals surface area contributed by atoms with Crippen LogP contribution in [0.25, 0.3) is 0 Å². The molecule has 0 bridgehead atoms. The Balaban J connectivity index is 1.51. The minimum atomic E-state index is -2.97. The fraction of sp³-hybridized carbons (Fsp3) is 0.600. The maximum Gasteiger partial charge on any atom is 0.261 e. The van der Waals surface area contributed by atoms with E-state index in [1.165, 1.54) is 26.3 Å². The number of hydrogen-bond acceptors (Lipinski definition) is 9. The van der Waals surface area contributed by atoms with E-state index >= 15 is 0 Å². The van der Waals surface area contributed by atoms with Gasteiger partial charge in [0.1, 0.15) is 6.10 Å². The average molecular weight is 1310 g/mol. The standard InChI is InChI=1S/C75H120O9Si5/c1-24-87(25-2,26-3)84-69-60(49-52-79-89(73(14,15)16,66-43-35-29-36-44-66)67-45-37-30-38-46-67)55-62(56-68(83-86(22,23)71(8,9)10)58(4)82-85(20,21)70(5,6)7)81-75(69,77-19)74(17,18)50-47-61-53-59(54-63(57-76)80-61)48-51-78-88(72(11,12)13,64-39-31-27-32-40-64)65-41-33-28-34-42-65/h27-50,58,61-63,68-69,76H,24-26,51-57H2,1-23H3/b50-47+,59-48+,60-49+/t58-,61+,62+,63+,68-,69+,75-/m1/s1. The minimum absolute atomic E-state index is 0.000518. The van der Waals surface area contributed by atoms with Crippen LogP contribution in [0.2, 0.25) is 64.5 Å². The molecule has 0 unspecified atom stereocenters. The van der Waals surface area contributed by atoms with Crippen LogP contribution in [0.5, 0.6) is 0 Å². The van der Waals surface area contributed by atoms with Crippen LogP contribution >= 0.6 is 0 Å². The fourth-order valence-corrected chi connectivity index (χ4v) is 28.0. The molecule has 494 valence electrons. The van der Waals surface area contributed by atoms with E-state index in [4.69, 9.17) is 36.3 Å². The van der Waals surface area contributed by atoms with Crippen molar-refractivity contribution in [2.24, 2.45) is 5.41 Å². The zero-order chi connectivity index (χ0) is 66.1. The molecule has 6 rings (SSSR count). The maximum atomic E-state index is 10.9. The van der Waals surface area contributed by atoms with Gasteiger partial charge in [0.2, 0.25) is 5.79 Å². The van der Waals surface area contributed by atoms with E-state index in [1.807, 2.05) is 7.11 Å². The first kappa shape index (κ1) is 74.9. The van der Waals surface area contributed by atoms with Crippen molar-refractivity contribution < 1.29 is 41.4 Å². The van der Waals surface area contributed by atoms with Gasteiger partial charge in [0.25, 0.3) is 16.6 Å². The highest BCUT2D eigenvalue weighted by molar-refractivity contribution is 7.00. The van der Waals surface area contributed by atoms with Gasteiger partial charge in [-0.2, -0.15) is 0 Å². The van der Waals surface area contributed by atoms with E-state index in [-0.39, 0.29) is 57.3 Å². The zero-order valence-corrected chi connectivity index (χ0v) is 64.6. The Kier molecular flexibility index (Phi) is 25.3. The largest absolute Gasteiger partial charge is 0.412 e. The molecule has 2 aliphatic rings. The summed E-state index contributed by atoms with van der Waals surface area (Å²) >= 11 is 0. The Hall–Kier alpha value is -3.18. The van der Waals surface area contributed by atoms with Crippen molar-refractivity contribution in [1.29, 1.82) is 0 Å². The van der Waals surface area contributed by atoms with Crippen molar-refractivity contribution in [3.8, 4) is 0 Å². The predicted octanol–water partition coefficient (Wildman–Crippen LogP) is 16.8. The van der Waals surface area contributed by atoms with Crippen molar-refractivity contribution in [2.45, 2.75) is 257 Å². The Morgan fingerprint density at radius 1 is 0.562 bits per heavy atom. The molecular weight excluding hydrogens is 1190 g/mol. The molecule has 0 saturated carbocycles. The summed E-state index contributed by atoms with van der Waals surface area (Å²) in [6.07, 6.45) is 9.36. The Morgan fingerprint density at radius 2 is 0.978 bits per heavy atom. The van der Waals surface area contributed by atoms with Gasteiger partial charge >= 0.3 is 0 Å². The highest BCUT2D eigenvalue weighted by Gasteiger charge is 2.60. The summed E-state index contributed by atoms with van der Waals surface area (Å²) in [6, 6.07) is 46.3. The second-order valence-electron chi connectivity index (χ2n) is 31.4. The number of benzene rings is 4. The van der Waals surface area contributed by atoms with Crippen LogP contribution < -0.4 is 20.7 Å². The minimum Gasteiger partial charge on any atom is -0.412 e. The number of aliphatic hydroxyl groups excluding tert-OH is 1. The molecule has 1 N–H and O–H groups in total. The summed E-state index contributed by atoms with van der Waals surface area (Å²) in [5.41, 5.74) is 1.50. The average Bonchev–Trinajstić information content (AvgIpc) is 1.45. The highest BCUT2D eigenvalue weighted by Crippen LogP contribution is 2.52. The fourth-order valence-electron chi connectivity index (χ4n) is 13.4. The Bertz CT molecular complexity index is 2810.